The molecule has 0 heterocycles. The van der Waals surface area contributed by atoms with Crippen molar-refractivity contribution >= 4 is 11.8 Å². The number of carbonyl (C=O) groups is 1. The lowest BCUT2D eigenvalue weighted by atomic mass is 10.1. The van der Waals surface area contributed by atoms with Crippen LogP contribution in [0.3, 0.4) is 0 Å². The van der Waals surface area contributed by atoms with Gasteiger partial charge >= 0.3 is 6.09 Å². The van der Waals surface area contributed by atoms with E-state index < -0.39 is 11.7 Å². The molecular weight excluding hydrogens is 286 g/mol. The van der Waals surface area contributed by atoms with Crippen LogP contribution in [-0.2, 0) is 11.3 Å². The number of nitro groups is 1. The number of nitrogens with zero attached hydrogens (tertiary/aromatic N) is 1. The van der Waals surface area contributed by atoms with Gasteiger partial charge in [0.1, 0.15) is 5.60 Å². The van der Waals surface area contributed by atoms with Gasteiger partial charge in [0.2, 0.25) is 0 Å². The number of hydrogen-bond donors (Lipinski definition) is 2. The van der Waals surface area contributed by atoms with Crippen LogP contribution in [0.5, 0.6) is 0 Å². The average Bonchev–Trinajstić information content (AvgIpc) is 2.37. The molecular formula is C15H23N3O4. The van der Waals surface area contributed by atoms with Crippen molar-refractivity contribution in [2.75, 3.05) is 13.1 Å². The standard InChI is InChI=1S/C15H23N3O4/c1-11-12(6-5-7-13(11)18(20)21)10-16-8-9-17-14(19)22-15(2,3)4/h5-7,16H,8-10H2,1-4H3,(H,17,19). The van der Waals surface area contributed by atoms with Crippen molar-refractivity contribution in [2.24, 2.45) is 0 Å². The molecule has 1 amide bonds. The van der Waals surface area contributed by atoms with E-state index in [9.17, 15) is 14.9 Å². The fraction of sp³-hybridized carbons (Fsp3) is 0.533. The van der Waals surface area contributed by atoms with Gasteiger partial charge in [-0.15, -0.1) is 0 Å². The molecule has 0 fully saturated rings. The quantitative estimate of drug-likeness (QED) is 0.478. The molecule has 2 N–H and O–H groups in total. The summed E-state index contributed by atoms with van der Waals surface area (Å²) in [6.45, 7) is 8.60. The number of rotatable bonds is 6. The first kappa shape index (κ1) is 17.9. The van der Waals surface area contributed by atoms with E-state index >= 15 is 0 Å². The fourth-order valence-electron chi connectivity index (χ4n) is 1.85. The van der Waals surface area contributed by atoms with Gasteiger partial charge in [0, 0.05) is 31.3 Å². The average molecular weight is 309 g/mol. The Balaban J connectivity index is 2.35. The Morgan fingerprint density at radius 2 is 2.00 bits per heavy atom. The molecule has 0 atom stereocenters. The van der Waals surface area contributed by atoms with Crippen LogP contribution in [-0.4, -0.2) is 29.7 Å². The zero-order valence-corrected chi connectivity index (χ0v) is 13.4. The number of nitrogens with one attached hydrogen (secondary N) is 2. The van der Waals surface area contributed by atoms with E-state index in [1.54, 1.807) is 33.8 Å². The zero-order chi connectivity index (χ0) is 16.8. The third-order valence-electron chi connectivity index (χ3n) is 2.90. The van der Waals surface area contributed by atoms with Gasteiger partial charge in [0.15, 0.2) is 0 Å². The summed E-state index contributed by atoms with van der Waals surface area (Å²) >= 11 is 0. The monoisotopic (exact) mass is 309 g/mol. The Morgan fingerprint density at radius 1 is 1.32 bits per heavy atom. The summed E-state index contributed by atoms with van der Waals surface area (Å²) in [4.78, 5) is 21.9. The van der Waals surface area contributed by atoms with Gasteiger partial charge in [-0.05, 0) is 33.3 Å². The predicted octanol–water partition coefficient (Wildman–Crippen LogP) is 2.52. The highest BCUT2D eigenvalue weighted by Gasteiger charge is 2.15. The summed E-state index contributed by atoms with van der Waals surface area (Å²) < 4.78 is 5.11. The van der Waals surface area contributed by atoms with E-state index in [2.05, 4.69) is 10.6 Å². The van der Waals surface area contributed by atoms with Gasteiger partial charge in [0.25, 0.3) is 5.69 Å². The second-order valence-corrected chi connectivity index (χ2v) is 5.92. The molecule has 1 aromatic carbocycles. The van der Waals surface area contributed by atoms with E-state index in [4.69, 9.17) is 4.74 Å². The van der Waals surface area contributed by atoms with Gasteiger partial charge in [-0.1, -0.05) is 12.1 Å². The van der Waals surface area contributed by atoms with Crippen LogP contribution in [0.25, 0.3) is 0 Å². The van der Waals surface area contributed by atoms with Crippen LogP contribution in [0.1, 0.15) is 31.9 Å². The highest BCUT2D eigenvalue weighted by Crippen LogP contribution is 2.20. The first-order valence-electron chi connectivity index (χ1n) is 7.11. The van der Waals surface area contributed by atoms with Gasteiger partial charge < -0.3 is 15.4 Å². The lowest BCUT2D eigenvalue weighted by Gasteiger charge is -2.19. The normalized spacial score (nSPS) is 11.1. The Bertz CT molecular complexity index is 538. The minimum Gasteiger partial charge on any atom is -0.444 e. The van der Waals surface area contributed by atoms with Crippen molar-refractivity contribution in [3.63, 3.8) is 0 Å². The summed E-state index contributed by atoms with van der Waals surface area (Å²) in [5.41, 5.74) is 1.12. The molecule has 7 nitrogen and oxygen atoms in total. The number of carbonyl (C=O) groups excluding carboxylic acids is 1. The van der Waals surface area contributed by atoms with E-state index in [0.717, 1.165) is 5.56 Å². The zero-order valence-electron chi connectivity index (χ0n) is 13.4. The lowest BCUT2D eigenvalue weighted by Crippen LogP contribution is -2.36. The van der Waals surface area contributed by atoms with E-state index in [1.807, 2.05) is 6.07 Å². The van der Waals surface area contributed by atoms with Crippen LogP contribution < -0.4 is 10.6 Å². The minimum absolute atomic E-state index is 0.117. The number of hydrogen-bond acceptors (Lipinski definition) is 5. The lowest BCUT2D eigenvalue weighted by molar-refractivity contribution is -0.385. The first-order valence-corrected chi connectivity index (χ1v) is 7.11. The van der Waals surface area contributed by atoms with Gasteiger partial charge in [0.05, 0.1) is 4.92 Å². The molecule has 0 spiro atoms. The second kappa shape index (κ2) is 7.74. The smallest absolute Gasteiger partial charge is 0.407 e. The largest absolute Gasteiger partial charge is 0.444 e. The van der Waals surface area contributed by atoms with E-state index in [0.29, 0.717) is 25.2 Å². The van der Waals surface area contributed by atoms with Crippen LogP contribution in [0.2, 0.25) is 0 Å². The topological polar surface area (TPSA) is 93.5 Å². The highest BCUT2D eigenvalue weighted by molar-refractivity contribution is 5.67. The molecule has 0 saturated heterocycles. The number of benzene rings is 1. The van der Waals surface area contributed by atoms with Crippen molar-refractivity contribution in [1.82, 2.24) is 10.6 Å². The van der Waals surface area contributed by atoms with Crippen molar-refractivity contribution in [1.29, 1.82) is 0 Å². The summed E-state index contributed by atoms with van der Waals surface area (Å²) in [7, 11) is 0. The Morgan fingerprint density at radius 3 is 2.59 bits per heavy atom. The third kappa shape index (κ3) is 6.09. The van der Waals surface area contributed by atoms with Crippen molar-refractivity contribution in [3.8, 4) is 0 Å². The molecule has 0 saturated carbocycles. The highest BCUT2D eigenvalue weighted by atomic mass is 16.6. The van der Waals surface area contributed by atoms with Crippen LogP contribution in [0.15, 0.2) is 18.2 Å². The molecule has 0 aliphatic heterocycles. The molecule has 122 valence electrons. The minimum atomic E-state index is -0.516. The number of amides is 1. The van der Waals surface area contributed by atoms with Gasteiger partial charge in [-0.3, -0.25) is 10.1 Å². The number of ether oxygens (including phenoxy) is 1. The Labute approximate surface area is 130 Å². The van der Waals surface area contributed by atoms with Crippen LogP contribution in [0.4, 0.5) is 10.5 Å². The Hall–Kier alpha value is -2.15. The maximum absolute atomic E-state index is 11.4. The Kier molecular flexibility index (Phi) is 6.30. The SMILES string of the molecule is Cc1c(CNCCNC(=O)OC(C)(C)C)cccc1[N+](=O)[O-]. The number of nitro benzene ring substituents is 1. The molecule has 0 radical (unpaired) electrons. The molecule has 0 bridgehead atoms. The van der Waals surface area contributed by atoms with E-state index in [1.165, 1.54) is 6.07 Å². The fourth-order valence-corrected chi connectivity index (χ4v) is 1.85. The van der Waals surface area contributed by atoms with Crippen molar-refractivity contribution in [2.45, 2.75) is 39.8 Å². The maximum Gasteiger partial charge on any atom is 0.407 e. The molecule has 7 heteroatoms. The van der Waals surface area contributed by atoms with Gasteiger partial charge in [-0.2, -0.15) is 0 Å². The predicted molar refractivity (Wildman–Crippen MR) is 83.8 cm³/mol. The molecule has 1 rings (SSSR count). The molecule has 0 aliphatic carbocycles. The van der Waals surface area contributed by atoms with Gasteiger partial charge in [-0.25, -0.2) is 4.79 Å². The molecule has 0 aliphatic rings. The first-order chi connectivity index (χ1) is 10.2. The third-order valence-corrected chi connectivity index (χ3v) is 2.90. The number of alkyl carbamates (subject to hydrolysis) is 1. The van der Waals surface area contributed by atoms with Crippen molar-refractivity contribution in [3.05, 3.63) is 39.4 Å². The summed E-state index contributed by atoms with van der Waals surface area (Å²) in [5.74, 6) is 0. The summed E-state index contributed by atoms with van der Waals surface area (Å²) in [6, 6.07) is 5.00. The molecule has 1 aromatic rings. The molecule has 22 heavy (non-hydrogen) atoms. The van der Waals surface area contributed by atoms with Crippen molar-refractivity contribution < 1.29 is 14.5 Å². The summed E-state index contributed by atoms with van der Waals surface area (Å²) in [5, 5.41) is 16.6. The van der Waals surface area contributed by atoms with E-state index in [-0.39, 0.29) is 10.6 Å². The second-order valence-electron chi connectivity index (χ2n) is 5.92. The van der Waals surface area contributed by atoms with Crippen LogP contribution in [0, 0.1) is 17.0 Å². The maximum atomic E-state index is 11.4. The molecule has 0 unspecified atom stereocenters. The van der Waals surface area contributed by atoms with Crippen LogP contribution >= 0.6 is 0 Å². The summed E-state index contributed by atoms with van der Waals surface area (Å²) in [6.07, 6.45) is -0.458. The molecule has 0 aromatic heterocycles.